The van der Waals surface area contributed by atoms with Crippen molar-refractivity contribution < 1.29 is 4.74 Å². The van der Waals surface area contributed by atoms with Crippen molar-refractivity contribution in [2.75, 3.05) is 19.8 Å². The van der Waals surface area contributed by atoms with Crippen LogP contribution in [0.15, 0.2) is 0 Å². The van der Waals surface area contributed by atoms with Gasteiger partial charge in [-0.3, -0.25) is 0 Å². The molecular formula is C17H35NO. The highest BCUT2D eigenvalue weighted by atomic mass is 16.5. The van der Waals surface area contributed by atoms with Crippen molar-refractivity contribution >= 4 is 0 Å². The third-order valence-electron chi connectivity index (χ3n) is 4.34. The molecule has 0 aromatic rings. The summed E-state index contributed by atoms with van der Waals surface area (Å²) in [4.78, 5) is 0. The van der Waals surface area contributed by atoms with Crippen LogP contribution in [0.5, 0.6) is 0 Å². The van der Waals surface area contributed by atoms with E-state index in [0.29, 0.717) is 0 Å². The minimum Gasteiger partial charge on any atom is -0.381 e. The quantitative estimate of drug-likeness (QED) is 0.525. The summed E-state index contributed by atoms with van der Waals surface area (Å²) < 4.78 is 5.80. The second-order valence-electron chi connectivity index (χ2n) is 6.07. The lowest BCUT2D eigenvalue weighted by atomic mass is 10.00. The number of ether oxygens (including phenoxy) is 1. The summed E-state index contributed by atoms with van der Waals surface area (Å²) >= 11 is 0. The monoisotopic (exact) mass is 269 g/mol. The van der Waals surface area contributed by atoms with Crippen LogP contribution in [0.2, 0.25) is 0 Å². The molecule has 0 radical (unpaired) electrons. The largest absolute Gasteiger partial charge is 0.381 e. The highest BCUT2D eigenvalue weighted by Gasteiger charge is 2.25. The van der Waals surface area contributed by atoms with Gasteiger partial charge >= 0.3 is 0 Å². The molecule has 0 aromatic carbocycles. The molecule has 114 valence electrons. The maximum atomic E-state index is 5.80. The van der Waals surface area contributed by atoms with Gasteiger partial charge in [-0.25, -0.2) is 0 Å². The average Bonchev–Trinajstić information content (AvgIpc) is 2.87. The molecule has 0 aliphatic heterocycles. The molecule has 1 saturated carbocycles. The van der Waals surface area contributed by atoms with Crippen LogP contribution < -0.4 is 5.32 Å². The molecule has 1 N–H and O–H groups in total. The van der Waals surface area contributed by atoms with Crippen LogP contribution in [0.4, 0.5) is 0 Å². The zero-order valence-electron chi connectivity index (χ0n) is 13.3. The van der Waals surface area contributed by atoms with Gasteiger partial charge in [0.25, 0.3) is 0 Å². The molecule has 0 saturated heterocycles. The molecule has 1 aliphatic carbocycles. The number of hydrogen-bond donors (Lipinski definition) is 1. The number of nitrogens with one attached hydrogen (secondary N) is 1. The van der Waals surface area contributed by atoms with Crippen molar-refractivity contribution in [3.8, 4) is 0 Å². The molecule has 0 amide bonds. The Balaban J connectivity index is 1.93. The highest BCUT2D eigenvalue weighted by Crippen LogP contribution is 2.28. The summed E-state index contributed by atoms with van der Waals surface area (Å²) in [6.45, 7) is 7.64. The fourth-order valence-electron chi connectivity index (χ4n) is 3.13. The third kappa shape index (κ3) is 7.94. The molecule has 2 atom stereocenters. The molecule has 2 heteroatoms. The smallest absolute Gasteiger partial charge is 0.0469 e. The van der Waals surface area contributed by atoms with Crippen molar-refractivity contribution in [1.82, 2.24) is 5.32 Å². The van der Waals surface area contributed by atoms with Gasteiger partial charge in [0.15, 0.2) is 0 Å². The van der Waals surface area contributed by atoms with Gasteiger partial charge in [0.1, 0.15) is 0 Å². The van der Waals surface area contributed by atoms with Gasteiger partial charge in [0.05, 0.1) is 0 Å². The van der Waals surface area contributed by atoms with Crippen LogP contribution in [0, 0.1) is 5.92 Å². The lowest BCUT2D eigenvalue weighted by Crippen LogP contribution is -2.33. The second-order valence-corrected chi connectivity index (χ2v) is 6.07. The Labute approximate surface area is 120 Å². The first-order valence-corrected chi connectivity index (χ1v) is 8.69. The van der Waals surface area contributed by atoms with Crippen molar-refractivity contribution in [2.45, 2.75) is 84.1 Å². The minimum atomic E-state index is 0.771. The first-order valence-electron chi connectivity index (χ1n) is 8.69. The van der Waals surface area contributed by atoms with Crippen LogP contribution in [0.3, 0.4) is 0 Å². The van der Waals surface area contributed by atoms with Crippen molar-refractivity contribution in [1.29, 1.82) is 0 Å². The predicted octanol–water partition coefficient (Wildman–Crippen LogP) is 4.53. The fourth-order valence-corrected chi connectivity index (χ4v) is 3.13. The summed E-state index contributed by atoms with van der Waals surface area (Å²) in [7, 11) is 0. The molecule has 0 bridgehead atoms. The Morgan fingerprint density at radius 2 is 1.79 bits per heavy atom. The SMILES string of the molecule is CCCCCCCOCCC1CCCC1NCCC. The van der Waals surface area contributed by atoms with Gasteiger partial charge in [0, 0.05) is 19.3 Å². The zero-order chi connectivity index (χ0) is 13.8. The number of rotatable bonds is 12. The Morgan fingerprint density at radius 3 is 2.58 bits per heavy atom. The standard InChI is InChI=1S/C17H35NO/c1-3-5-6-7-8-14-19-15-12-16-10-9-11-17(16)18-13-4-2/h16-18H,3-15H2,1-2H3. The normalized spacial score (nSPS) is 23.1. The molecule has 1 aliphatic rings. The Hall–Kier alpha value is -0.0800. The van der Waals surface area contributed by atoms with Crippen LogP contribution in [-0.4, -0.2) is 25.8 Å². The van der Waals surface area contributed by atoms with E-state index in [-0.39, 0.29) is 0 Å². The maximum absolute atomic E-state index is 5.80. The van der Waals surface area contributed by atoms with Crippen LogP contribution in [-0.2, 0) is 4.74 Å². The van der Waals surface area contributed by atoms with Gasteiger partial charge in [-0.2, -0.15) is 0 Å². The number of hydrogen-bond acceptors (Lipinski definition) is 2. The van der Waals surface area contributed by atoms with E-state index in [2.05, 4.69) is 19.2 Å². The first-order chi connectivity index (χ1) is 9.38. The zero-order valence-corrected chi connectivity index (χ0v) is 13.3. The van der Waals surface area contributed by atoms with Gasteiger partial charge in [-0.15, -0.1) is 0 Å². The summed E-state index contributed by atoms with van der Waals surface area (Å²) in [6.07, 6.45) is 13.4. The van der Waals surface area contributed by atoms with E-state index in [1.54, 1.807) is 0 Å². The lowest BCUT2D eigenvalue weighted by Gasteiger charge is -2.20. The average molecular weight is 269 g/mol. The molecule has 0 aromatic heterocycles. The van der Waals surface area contributed by atoms with E-state index in [9.17, 15) is 0 Å². The third-order valence-corrected chi connectivity index (χ3v) is 4.34. The molecule has 2 nitrogen and oxygen atoms in total. The molecule has 1 fully saturated rings. The Morgan fingerprint density at radius 1 is 0.947 bits per heavy atom. The molecular weight excluding hydrogens is 234 g/mol. The Bertz CT molecular complexity index is 196. The lowest BCUT2D eigenvalue weighted by molar-refractivity contribution is 0.113. The summed E-state index contributed by atoms with van der Waals surface area (Å²) in [5.41, 5.74) is 0. The molecule has 2 unspecified atom stereocenters. The van der Waals surface area contributed by atoms with E-state index in [1.165, 1.54) is 70.8 Å². The second kappa shape index (κ2) is 11.7. The minimum absolute atomic E-state index is 0.771. The van der Waals surface area contributed by atoms with E-state index in [0.717, 1.165) is 25.2 Å². The summed E-state index contributed by atoms with van der Waals surface area (Å²) in [6, 6.07) is 0.771. The number of unbranched alkanes of at least 4 members (excludes halogenated alkanes) is 4. The van der Waals surface area contributed by atoms with Crippen molar-refractivity contribution in [2.24, 2.45) is 5.92 Å². The predicted molar refractivity (Wildman–Crippen MR) is 83.6 cm³/mol. The molecule has 1 rings (SSSR count). The van der Waals surface area contributed by atoms with Gasteiger partial charge in [-0.1, -0.05) is 46.0 Å². The van der Waals surface area contributed by atoms with Crippen LogP contribution in [0.1, 0.15) is 78.1 Å². The van der Waals surface area contributed by atoms with E-state index in [1.807, 2.05) is 0 Å². The van der Waals surface area contributed by atoms with Crippen molar-refractivity contribution in [3.63, 3.8) is 0 Å². The van der Waals surface area contributed by atoms with Crippen LogP contribution >= 0.6 is 0 Å². The topological polar surface area (TPSA) is 21.3 Å². The van der Waals surface area contributed by atoms with E-state index >= 15 is 0 Å². The van der Waals surface area contributed by atoms with E-state index < -0.39 is 0 Å². The molecule has 19 heavy (non-hydrogen) atoms. The van der Waals surface area contributed by atoms with Gasteiger partial charge < -0.3 is 10.1 Å². The first kappa shape index (κ1) is 17.0. The maximum Gasteiger partial charge on any atom is 0.0469 e. The van der Waals surface area contributed by atoms with E-state index in [4.69, 9.17) is 4.74 Å². The van der Waals surface area contributed by atoms with Crippen LogP contribution in [0.25, 0.3) is 0 Å². The fraction of sp³-hybridized carbons (Fsp3) is 1.00. The van der Waals surface area contributed by atoms with Crippen molar-refractivity contribution in [3.05, 3.63) is 0 Å². The molecule has 0 heterocycles. The highest BCUT2D eigenvalue weighted by molar-refractivity contribution is 4.82. The summed E-state index contributed by atoms with van der Waals surface area (Å²) in [5, 5.41) is 3.70. The Kier molecular flexibility index (Phi) is 10.5. The summed E-state index contributed by atoms with van der Waals surface area (Å²) in [5.74, 6) is 0.867. The van der Waals surface area contributed by atoms with Gasteiger partial charge in [-0.05, 0) is 44.6 Å². The molecule has 0 spiro atoms. The van der Waals surface area contributed by atoms with Gasteiger partial charge in [0.2, 0.25) is 0 Å².